The molecule has 0 atom stereocenters. The van der Waals surface area contributed by atoms with Crippen molar-refractivity contribution in [1.82, 2.24) is 0 Å². The third kappa shape index (κ3) is 4.40. The molecular formula is C19H25N3O2+2. The molecule has 0 spiro atoms. The Balaban J connectivity index is 1.51. The van der Waals surface area contributed by atoms with E-state index in [0.29, 0.717) is 0 Å². The van der Waals surface area contributed by atoms with Gasteiger partial charge in [-0.3, -0.25) is 10.1 Å². The third-order valence-electron chi connectivity index (χ3n) is 4.81. The fourth-order valence-electron chi connectivity index (χ4n) is 3.37. The molecule has 1 heterocycles. The van der Waals surface area contributed by atoms with E-state index in [1.807, 2.05) is 6.07 Å². The van der Waals surface area contributed by atoms with E-state index in [0.717, 1.165) is 44.8 Å². The Bertz CT molecular complexity index is 692. The molecule has 0 amide bonds. The summed E-state index contributed by atoms with van der Waals surface area (Å²) >= 11 is 0. The topological polar surface area (TPSA) is 52.0 Å². The molecule has 1 fully saturated rings. The summed E-state index contributed by atoms with van der Waals surface area (Å²) in [6.07, 6.45) is 0. The van der Waals surface area contributed by atoms with Crippen LogP contribution in [0.4, 0.5) is 5.69 Å². The molecule has 1 aliphatic heterocycles. The van der Waals surface area contributed by atoms with Crippen molar-refractivity contribution in [3.63, 3.8) is 0 Å². The second kappa shape index (κ2) is 7.55. The van der Waals surface area contributed by atoms with Crippen molar-refractivity contribution in [2.45, 2.75) is 20.0 Å². The normalized spacial score (nSPS) is 20.7. The minimum atomic E-state index is -0.317. The van der Waals surface area contributed by atoms with Crippen molar-refractivity contribution in [2.24, 2.45) is 0 Å². The SMILES string of the molecule is Cc1ccc(C[NH+]2CC[NH+](Cc3cccc([N+](=O)[O-])c3)CC2)cc1. The van der Waals surface area contributed by atoms with Gasteiger partial charge in [-0.25, -0.2) is 0 Å². The van der Waals surface area contributed by atoms with Gasteiger partial charge in [-0.1, -0.05) is 42.0 Å². The van der Waals surface area contributed by atoms with E-state index >= 15 is 0 Å². The molecule has 0 saturated carbocycles. The largest absolute Gasteiger partial charge is 0.322 e. The van der Waals surface area contributed by atoms with Crippen LogP contribution in [-0.4, -0.2) is 31.1 Å². The second-order valence-corrected chi connectivity index (χ2v) is 6.77. The Morgan fingerprint density at radius 3 is 2.08 bits per heavy atom. The molecule has 1 saturated heterocycles. The van der Waals surface area contributed by atoms with Gasteiger partial charge in [0.15, 0.2) is 0 Å². The van der Waals surface area contributed by atoms with E-state index < -0.39 is 0 Å². The van der Waals surface area contributed by atoms with E-state index in [2.05, 4.69) is 31.2 Å². The van der Waals surface area contributed by atoms with Crippen LogP contribution >= 0.6 is 0 Å². The van der Waals surface area contributed by atoms with Gasteiger partial charge in [0.05, 0.1) is 4.92 Å². The number of rotatable bonds is 5. The van der Waals surface area contributed by atoms with Crippen molar-refractivity contribution in [3.8, 4) is 0 Å². The summed E-state index contributed by atoms with van der Waals surface area (Å²) in [7, 11) is 0. The summed E-state index contributed by atoms with van der Waals surface area (Å²) in [5.74, 6) is 0. The molecular weight excluding hydrogens is 302 g/mol. The van der Waals surface area contributed by atoms with E-state index in [1.165, 1.54) is 16.0 Å². The van der Waals surface area contributed by atoms with E-state index in [4.69, 9.17) is 0 Å². The lowest BCUT2D eigenvalue weighted by atomic mass is 10.1. The number of benzene rings is 2. The van der Waals surface area contributed by atoms with Crippen molar-refractivity contribution < 1.29 is 14.7 Å². The van der Waals surface area contributed by atoms with Crippen LogP contribution in [0, 0.1) is 17.0 Å². The highest BCUT2D eigenvalue weighted by molar-refractivity contribution is 5.33. The van der Waals surface area contributed by atoms with Gasteiger partial charge >= 0.3 is 0 Å². The Morgan fingerprint density at radius 1 is 0.917 bits per heavy atom. The molecule has 24 heavy (non-hydrogen) atoms. The van der Waals surface area contributed by atoms with Crippen molar-refractivity contribution >= 4 is 5.69 Å². The summed E-state index contributed by atoms with van der Waals surface area (Å²) in [5.41, 5.74) is 3.95. The van der Waals surface area contributed by atoms with Gasteiger partial charge in [-0.05, 0) is 6.92 Å². The standard InChI is InChI=1S/C19H23N3O2/c1-16-5-7-17(8-6-16)14-20-9-11-21(12-10-20)15-18-3-2-4-19(13-18)22(23)24/h2-8,13H,9-12,14-15H2,1H3/p+2. The zero-order valence-electron chi connectivity index (χ0n) is 14.1. The van der Waals surface area contributed by atoms with Crippen LogP contribution in [0.3, 0.4) is 0 Å². The summed E-state index contributed by atoms with van der Waals surface area (Å²) in [4.78, 5) is 13.7. The molecule has 0 aliphatic carbocycles. The van der Waals surface area contributed by atoms with Gasteiger partial charge in [0.1, 0.15) is 39.3 Å². The lowest BCUT2D eigenvalue weighted by Crippen LogP contribution is -3.27. The fourth-order valence-corrected chi connectivity index (χ4v) is 3.37. The summed E-state index contributed by atoms with van der Waals surface area (Å²) in [6.45, 7) is 8.61. The van der Waals surface area contributed by atoms with Crippen LogP contribution in [0.5, 0.6) is 0 Å². The molecule has 0 aromatic heterocycles. The maximum Gasteiger partial charge on any atom is 0.269 e. The van der Waals surface area contributed by atoms with Crippen LogP contribution < -0.4 is 9.80 Å². The summed E-state index contributed by atoms with van der Waals surface area (Å²) in [6, 6.07) is 15.9. The molecule has 0 bridgehead atoms. The molecule has 2 aromatic rings. The fraction of sp³-hybridized carbons (Fsp3) is 0.368. The quantitative estimate of drug-likeness (QED) is 0.616. The minimum Gasteiger partial charge on any atom is -0.322 e. The van der Waals surface area contributed by atoms with Crippen LogP contribution in [0.25, 0.3) is 0 Å². The highest BCUT2D eigenvalue weighted by atomic mass is 16.6. The average Bonchev–Trinajstić information content (AvgIpc) is 2.59. The maximum atomic E-state index is 10.9. The Morgan fingerprint density at radius 2 is 1.50 bits per heavy atom. The Kier molecular flexibility index (Phi) is 5.23. The molecule has 0 radical (unpaired) electrons. The Hall–Kier alpha value is -2.24. The van der Waals surface area contributed by atoms with Gasteiger partial charge < -0.3 is 9.80 Å². The smallest absolute Gasteiger partial charge is 0.269 e. The predicted octanol–water partition coefficient (Wildman–Crippen LogP) is 0.387. The Labute approximate surface area is 142 Å². The zero-order valence-corrected chi connectivity index (χ0v) is 14.1. The van der Waals surface area contributed by atoms with E-state index in [9.17, 15) is 10.1 Å². The first-order chi connectivity index (χ1) is 11.6. The van der Waals surface area contributed by atoms with Crippen LogP contribution in [-0.2, 0) is 13.1 Å². The van der Waals surface area contributed by atoms with Crippen LogP contribution in [0.15, 0.2) is 48.5 Å². The highest BCUT2D eigenvalue weighted by Gasteiger charge is 2.23. The van der Waals surface area contributed by atoms with Gasteiger partial charge in [-0.2, -0.15) is 0 Å². The van der Waals surface area contributed by atoms with Gasteiger partial charge in [-0.15, -0.1) is 0 Å². The number of hydrogen-bond donors (Lipinski definition) is 2. The molecule has 2 N–H and O–H groups in total. The maximum absolute atomic E-state index is 10.9. The average molecular weight is 327 g/mol. The lowest BCUT2D eigenvalue weighted by molar-refractivity contribution is -1.02. The number of nitro benzene ring substituents is 1. The number of nitro groups is 1. The minimum absolute atomic E-state index is 0.190. The zero-order chi connectivity index (χ0) is 16.9. The number of nitrogens with zero attached hydrogens (tertiary/aromatic N) is 1. The molecule has 2 aromatic carbocycles. The van der Waals surface area contributed by atoms with E-state index in [-0.39, 0.29) is 10.6 Å². The lowest BCUT2D eigenvalue weighted by Gasteiger charge is -2.29. The van der Waals surface area contributed by atoms with Crippen molar-refractivity contribution in [2.75, 3.05) is 26.2 Å². The van der Waals surface area contributed by atoms with Gasteiger partial charge in [0, 0.05) is 23.3 Å². The first-order valence-electron chi connectivity index (χ1n) is 8.56. The molecule has 3 rings (SSSR count). The molecule has 0 unspecified atom stereocenters. The number of piperazine rings is 1. The molecule has 1 aliphatic rings. The van der Waals surface area contributed by atoms with Crippen molar-refractivity contribution in [1.29, 1.82) is 0 Å². The number of aryl methyl sites for hydroxylation is 1. The molecule has 5 nitrogen and oxygen atoms in total. The van der Waals surface area contributed by atoms with E-state index in [1.54, 1.807) is 23.1 Å². The van der Waals surface area contributed by atoms with Gasteiger partial charge in [0.2, 0.25) is 0 Å². The number of nitrogens with one attached hydrogen (secondary N) is 2. The number of hydrogen-bond acceptors (Lipinski definition) is 2. The van der Waals surface area contributed by atoms with Crippen LogP contribution in [0.1, 0.15) is 16.7 Å². The van der Waals surface area contributed by atoms with Gasteiger partial charge in [0.25, 0.3) is 5.69 Å². The van der Waals surface area contributed by atoms with Crippen molar-refractivity contribution in [3.05, 3.63) is 75.3 Å². The number of non-ortho nitro benzene ring substituents is 1. The summed E-state index contributed by atoms with van der Waals surface area (Å²) < 4.78 is 0. The predicted molar refractivity (Wildman–Crippen MR) is 93.1 cm³/mol. The first-order valence-corrected chi connectivity index (χ1v) is 8.56. The van der Waals surface area contributed by atoms with Crippen LogP contribution in [0.2, 0.25) is 0 Å². The summed E-state index contributed by atoms with van der Waals surface area (Å²) in [5, 5.41) is 10.9. The third-order valence-corrected chi connectivity index (χ3v) is 4.81. The highest BCUT2D eigenvalue weighted by Crippen LogP contribution is 2.12. The molecule has 126 valence electrons. The first kappa shape index (κ1) is 16.6. The second-order valence-electron chi connectivity index (χ2n) is 6.77. The molecule has 5 heteroatoms. The monoisotopic (exact) mass is 327 g/mol. The number of quaternary nitrogens is 2.